The van der Waals surface area contributed by atoms with Crippen molar-refractivity contribution in [1.29, 1.82) is 0 Å². The van der Waals surface area contributed by atoms with Crippen LogP contribution in [0.25, 0.3) is 22.5 Å². The van der Waals surface area contributed by atoms with Gasteiger partial charge in [-0.05, 0) is 44.1 Å². The minimum Gasteiger partial charge on any atom is -0.508 e. The number of H-pyrrole nitrogens is 1. The highest BCUT2D eigenvalue weighted by atomic mass is 35.5. The predicted molar refractivity (Wildman–Crippen MR) is 98.8 cm³/mol. The Morgan fingerprint density at radius 3 is 2.68 bits per heavy atom. The van der Waals surface area contributed by atoms with Gasteiger partial charge in [0.05, 0.1) is 5.69 Å². The van der Waals surface area contributed by atoms with E-state index in [4.69, 9.17) is 0 Å². The number of halogens is 1. The topological polar surface area (TPSA) is 86.7 Å². The van der Waals surface area contributed by atoms with E-state index in [1.165, 1.54) is 0 Å². The van der Waals surface area contributed by atoms with Gasteiger partial charge in [0.25, 0.3) is 0 Å². The number of nitrogens with zero attached hydrogens (tertiary/aromatic N) is 3. The second kappa shape index (κ2) is 7.63. The third kappa shape index (κ3) is 3.50. The maximum Gasteiger partial charge on any atom is 0.116 e. The lowest BCUT2D eigenvalue weighted by Crippen LogP contribution is -2.27. The first kappa shape index (κ1) is 17.4. The smallest absolute Gasteiger partial charge is 0.116 e. The molecule has 1 saturated heterocycles. The Labute approximate surface area is 152 Å². The highest BCUT2D eigenvalue weighted by Gasteiger charge is 2.25. The molecular weight excluding hydrogens is 338 g/mol. The molecule has 3 N–H and O–H groups in total. The van der Waals surface area contributed by atoms with E-state index in [-0.39, 0.29) is 18.2 Å². The first-order chi connectivity index (χ1) is 11.8. The Bertz CT molecular complexity index is 830. The van der Waals surface area contributed by atoms with E-state index in [1.54, 1.807) is 24.7 Å². The van der Waals surface area contributed by atoms with Gasteiger partial charge >= 0.3 is 0 Å². The Kier molecular flexibility index (Phi) is 5.31. The number of piperidine rings is 1. The van der Waals surface area contributed by atoms with Gasteiger partial charge in [-0.2, -0.15) is 5.10 Å². The van der Waals surface area contributed by atoms with E-state index in [9.17, 15) is 5.11 Å². The normalized spacial score (nSPS) is 14.9. The van der Waals surface area contributed by atoms with Crippen molar-refractivity contribution in [1.82, 2.24) is 25.5 Å². The van der Waals surface area contributed by atoms with E-state index in [2.05, 4.69) is 25.5 Å². The molecule has 0 aliphatic carbocycles. The molecule has 4 rings (SSSR count). The Morgan fingerprint density at radius 1 is 1.12 bits per heavy atom. The lowest BCUT2D eigenvalue weighted by Gasteiger charge is -2.22. The van der Waals surface area contributed by atoms with Gasteiger partial charge in [-0.3, -0.25) is 5.10 Å². The molecule has 0 radical (unpaired) electrons. The highest BCUT2D eigenvalue weighted by molar-refractivity contribution is 5.85. The predicted octanol–water partition coefficient (Wildman–Crippen LogP) is 3.13. The fraction of sp³-hybridized carbons (Fsp3) is 0.278. The number of aromatic hydroxyl groups is 1. The average molecular weight is 358 g/mol. The summed E-state index contributed by atoms with van der Waals surface area (Å²) in [6.07, 6.45) is 5.44. The van der Waals surface area contributed by atoms with Crippen LogP contribution in [0.5, 0.6) is 5.75 Å². The first-order valence-corrected chi connectivity index (χ1v) is 8.17. The molecule has 0 amide bonds. The van der Waals surface area contributed by atoms with Gasteiger partial charge in [0.15, 0.2) is 0 Å². The zero-order chi connectivity index (χ0) is 16.4. The molecule has 0 unspecified atom stereocenters. The maximum atomic E-state index is 9.82. The molecular formula is C18H20ClN5O. The third-order valence-corrected chi connectivity index (χ3v) is 4.50. The second-order valence-corrected chi connectivity index (χ2v) is 6.03. The molecule has 1 aliphatic heterocycles. The standard InChI is InChI=1S/C18H19N5O.ClH/c24-14-3-1-2-13(10-14)18-16(15-6-9-20-11-21-15)17(22-23-18)12-4-7-19-8-5-12;/h1-3,6,9-12,19,24H,4-5,7-8H2,(H,22,23);1H. The molecule has 130 valence electrons. The fourth-order valence-corrected chi connectivity index (χ4v) is 3.32. The van der Waals surface area contributed by atoms with Gasteiger partial charge < -0.3 is 10.4 Å². The number of phenols is 1. The first-order valence-electron chi connectivity index (χ1n) is 8.17. The van der Waals surface area contributed by atoms with Gasteiger partial charge in [-0.25, -0.2) is 9.97 Å². The molecule has 6 nitrogen and oxygen atoms in total. The Balaban J connectivity index is 0.00000182. The number of hydrogen-bond donors (Lipinski definition) is 3. The van der Waals surface area contributed by atoms with Crippen LogP contribution in [-0.4, -0.2) is 38.4 Å². The van der Waals surface area contributed by atoms with Gasteiger partial charge in [-0.1, -0.05) is 12.1 Å². The van der Waals surface area contributed by atoms with E-state index in [1.807, 2.05) is 18.2 Å². The van der Waals surface area contributed by atoms with Crippen LogP contribution in [0.15, 0.2) is 42.9 Å². The summed E-state index contributed by atoms with van der Waals surface area (Å²) in [6, 6.07) is 9.07. The van der Waals surface area contributed by atoms with Crippen molar-refractivity contribution in [2.45, 2.75) is 18.8 Å². The van der Waals surface area contributed by atoms with Crippen LogP contribution >= 0.6 is 12.4 Å². The number of aromatic amines is 1. The van der Waals surface area contributed by atoms with Crippen molar-refractivity contribution in [3.8, 4) is 28.3 Å². The molecule has 1 aliphatic rings. The van der Waals surface area contributed by atoms with Crippen molar-refractivity contribution in [3.05, 3.63) is 48.5 Å². The van der Waals surface area contributed by atoms with E-state index >= 15 is 0 Å². The molecule has 2 aromatic heterocycles. The third-order valence-electron chi connectivity index (χ3n) is 4.50. The lowest BCUT2D eigenvalue weighted by molar-refractivity contribution is 0.453. The van der Waals surface area contributed by atoms with Crippen molar-refractivity contribution in [3.63, 3.8) is 0 Å². The number of nitrogens with one attached hydrogen (secondary N) is 2. The maximum absolute atomic E-state index is 9.82. The number of phenolic OH excluding ortho intramolecular Hbond substituents is 1. The zero-order valence-corrected chi connectivity index (χ0v) is 14.5. The SMILES string of the molecule is Cl.Oc1cccc(-c2n[nH]c(C3CCNCC3)c2-c2ccncn2)c1. The average Bonchev–Trinajstić information content (AvgIpc) is 3.08. The van der Waals surface area contributed by atoms with Crippen molar-refractivity contribution in [2.24, 2.45) is 0 Å². The van der Waals surface area contributed by atoms with Crippen LogP contribution in [-0.2, 0) is 0 Å². The number of hydrogen-bond acceptors (Lipinski definition) is 5. The van der Waals surface area contributed by atoms with E-state index in [0.29, 0.717) is 5.92 Å². The van der Waals surface area contributed by atoms with Gasteiger partial charge in [-0.15, -0.1) is 12.4 Å². The van der Waals surface area contributed by atoms with Crippen molar-refractivity contribution < 1.29 is 5.11 Å². The number of rotatable bonds is 3. The molecule has 0 atom stereocenters. The van der Waals surface area contributed by atoms with Crippen LogP contribution < -0.4 is 5.32 Å². The van der Waals surface area contributed by atoms with Crippen LogP contribution in [0.2, 0.25) is 0 Å². The summed E-state index contributed by atoms with van der Waals surface area (Å²) in [6.45, 7) is 2.02. The summed E-state index contributed by atoms with van der Waals surface area (Å²) in [4.78, 5) is 8.46. The second-order valence-electron chi connectivity index (χ2n) is 6.03. The van der Waals surface area contributed by atoms with Crippen molar-refractivity contribution >= 4 is 12.4 Å². The zero-order valence-electron chi connectivity index (χ0n) is 13.6. The largest absolute Gasteiger partial charge is 0.508 e. The van der Waals surface area contributed by atoms with Gasteiger partial charge in [0, 0.05) is 28.9 Å². The molecule has 25 heavy (non-hydrogen) atoms. The number of aromatic nitrogens is 4. The summed E-state index contributed by atoms with van der Waals surface area (Å²) < 4.78 is 0. The molecule has 0 spiro atoms. The minimum atomic E-state index is 0. The summed E-state index contributed by atoms with van der Waals surface area (Å²) >= 11 is 0. The Morgan fingerprint density at radius 2 is 1.96 bits per heavy atom. The quantitative estimate of drug-likeness (QED) is 0.670. The molecule has 1 fully saturated rings. The molecule has 1 aromatic carbocycles. The van der Waals surface area contributed by atoms with Gasteiger partial charge in [0.2, 0.25) is 0 Å². The minimum absolute atomic E-state index is 0. The van der Waals surface area contributed by atoms with Crippen LogP contribution in [0, 0.1) is 0 Å². The summed E-state index contributed by atoms with van der Waals surface area (Å²) in [5.74, 6) is 0.655. The van der Waals surface area contributed by atoms with Gasteiger partial charge in [0.1, 0.15) is 17.8 Å². The van der Waals surface area contributed by atoms with Crippen LogP contribution in [0.4, 0.5) is 0 Å². The lowest BCUT2D eigenvalue weighted by atomic mass is 9.89. The molecule has 7 heteroatoms. The molecule has 0 saturated carbocycles. The van der Waals surface area contributed by atoms with E-state index in [0.717, 1.165) is 54.1 Å². The van der Waals surface area contributed by atoms with E-state index < -0.39 is 0 Å². The summed E-state index contributed by atoms with van der Waals surface area (Å²) in [7, 11) is 0. The molecule has 0 bridgehead atoms. The van der Waals surface area contributed by atoms with Crippen molar-refractivity contribution in [2.75, 3.05) is 13.1 Å². The Hall–Kier alpha value is -2.44. The van der Waals surface area contributed by atoms with Crippen LogP contribution in [0.3, 0.4) is 0 Å². The summed E-state index contributed by atoms with van der Waals surface area (Å²) in [5.41, 5.74) is 4.67. The molecule has 3 heterocycles. The monoisotopic (exact) mass is 357 g/mol. The summed E-state index contributed by atoms with van der Waals surface area (Å²) in [5, 5.41) is 21.0. The highest BCUT2D eigenvalue weighted by Crippen LogP contribution is 2.38. The molecule has 3 aromatic rings. The number of benzene rings is 1. The van der Waals surface area contributed by atoms with Crippen LogP contribution in [0.1, 0.15) is 24.5 Å². The fourth-order valence-electron chi connectivity index (χ4n) is 3.32.